The average Bonchev–Trinajstić information content (AvgIpc) is 2.97. The van der Waals surface area contributed by atoms with Crippen molar-refractivity contribution in [1.29, 1.82) is 0 Å². The van der Waals surface area contributed by atoms with E-state index in [9.17, 15) is 21.6 Å². The Morgan fingerprint density at radius 3 is 2.54 bits per heavy atom. The molecule has 12 heteroatoms. The fraction of sp³-hybridized carbons (Fsp3) is 0.583. The monoisotopic (exact) mass is 500 g/mol. The lowest BCUT2D eigenvalue weighted by molar-refractivity contribution is -0.132. The van der Waals surface area contributed by atoms with Gasteiger partial charge in [-0.2, -0.15) is 13.2 Å². The van der Waals surface area contributed by atoms with Crippen LogP contribution >= 0.6 is 35.3 Å². The van der Waals surface area contributed by atoms with Crippen LogP contribution in [-0.4, -0.2) is 46.7 Å². The molecule has 0 spiro atoms. The van der Waals surface area contributed by atoms with Crippen LogP contribution in [0.3, 0.4) is 0 Å². The Morgan fingerprint density at radius 2 is 2.00 bits per heavy atom. The number of aliphatic imine (C=N–C) groups is 1. The van der Waals surface area contributed by atoms with E-state index in [4.69, 9.17) is 0 Å². The van der Waals surface area contributed by atoms with Crippen LogP contribution in [0, 0.1) is 0 Å². The van der Waals surface area contributed by atoms with Gasteiger partial charge in [-0.3, -0.25) is 4.99 Å². The van der Waals surface area contributed by atoms with Gasteiger partial charge < -0.3 is 10.6 Å². The van der Waals surface area contributed by atoms with Crippen LogP contribution in [0.4, 0.5) is 13.2 Å². The fourth-order valence-electron chi connectivity index (χ4n) is 1.49. The maximum atomic E-state index is 12.1. The van der Waals surface area contributed by atoms with Gasteiger partial charge >= 0.3 is 6.18 Å². The van der Waals surface area contributed by atoms with Crippen molar-refractivity contribution in [3.63, 3.8) is 0 Å². The Kier molecular flexibility index (Phi) is 10.8. The van der Waals surface area contributed by atoms with Crippen LogP contribution in [-0.2, 0) is 10.0 Å². The molecular weight excluding hydrogens is 480 g/mol. The van der Waals surface area contributed by atoms with Crippen molar-refractivity contribution < 1.29 is 21.6 Å². The molecule has 0 bridgehead atoms. The van der Waals surface area contributed by atoms with Gasteiger partial charge in [-0.1, -0.05) is 6.07 Å². The van der Waals surface area contributed by atoms with Gasteiger partial charge in [0.2, 0.25) is 10.0 Å². The summed E-state index contributed by atoms with van der Waals surface area (Å²) in [6.07, 6.45) is -5.26. The molecule has 0 radical (unpaired) electrons. The predicted molar refractivity (Wildman–Crippen MR) is 99.6 cm³/mol. The number of alkyl halides is 3. The molecule has 140 valence electrons. The number of thiophene rings is 1. The number of nitrogens with one attached hydrogen (secondary N) is 3. The molecule has 0 fully saturated rings. The Bertz CT molecular complexity index is 592. The van der Waals surface area contributed by atoms with Crippen LogP contribution in [0.5, 0.6) is 0 Å². The lowest BCUT2D eigenvalue weighted by atomic mass is 10.4. The predicted octanol–water partition coefficient (Wildman–Crippen LogP) is 2.15. The second kappa shape index (κ2) is 11.1. The van der Waals surface area contributed by atoms with E-state index in [0.717, 1.165) is 11.3 Å². The van der Waals surface area contributed by atoms with Gasteiger partial charge in [0.05, 0.1) is 13.0 Å². The Morgan fingerprint density at radius 1 is 1.29 bits per heavy atom. The van der Waals surface area contributed by atoms with E-state index in [1.54, 1.807) is 18.4 Å². The first-order chi connectivity index (χ1) is 10.7. The number of nitrogens with zero attached hydrogens (tertiary/aromatic N) is 1. The molecule has 0 aliphatic carbocycles. The van der Waals surface area contributed by atoms with Crippen molar-refractivity contribution in [2.45, 2.75) is 23.7 Å². The minimum atomic E-state index is -4.25. The third kappa shape index (κ3) is 9.64. The number of sulfonamides is 1. The molecular formula is C12H20F3IN4O2S2. The van der Waals surface area contributed by atoms with Crippen LogP contribution in [0.2, 0.25) is 0 Å². The smallest absolute Gasteiger partial charge is 0.357 e. The number of hydrogen-bond acceptors (Lipinski definition) is 4. The first-order valence-corrected chi connectivity index (χ1v) is 9.23. The zero-order valence-electron chi connectivity index (χ0n) is 12.9. The summed E-state index contributed by atoms with van der Waals surface area (Å²) in [6.45, 7) is 2.16. The zero-order valence-corrected chi connectivity index (χ0v) is 16.9. The van der Waals surface area contributed by atoms with Crippen LogP contribution in [0.15, 0.2) is 26.7 Å². The summed E-state index contributed by atoms with van der Waals surface area (Å²) in [4.78, 5) is 3.78. The van der Waals surface area contributed by atoms with Gasteiger partial charge in [-0.25, -0.2) is 13.1 Å². The lowest BCUT2D eigenvalue weighted by Crippen LogP contribution is -2.41. The summed E-state index contributed by atoms with van der Waals surface area (Å²) >= 11 is 1.10. The van der Waals surface area contributed by atoms with Crippen molar-refractivity contribution in [2.24, 2.45) is 4.99 Å². The molecule has 6 nitrogen and oxygen atoms in total. The molecule has 3 N–H and O–H groups in total. The largest absolute Gasteiger partial charge is 0.390 e. The van der Waals surface area contributed by atoms with Crippen LogP contribution in [0.25, 0.3) is 0 Å². The fourth-order valence-corrected chi connectivity index (χ4v) is 3.56. The zero-order chi connectivity index (χ0) is 17.3. The normalized spacial score (nSPS) is 12.6. The van der Waals surface area contributed by atoms with E-state index in [0.29, 0.717) is 6.54 Å². The van der Waals surface area contributed by atoms with Gasteiger partial charge in [0.15, 0.2) is 5.96 Å². The summed E-state index contributed by atoms with van der Waals surface area (Å²) < 4.78 is 62.5. The van der Waals surface area contributed by atoms with Crippen molar-refractivity contribution >= 4 is 51.3 Å². The molecule has 0 aliphatic rings. The summed E-state index contributed by atoms with van der Waals surface area (Å²) in [5, 5.41) is 7.22. The minimum absolute atomic E-state index is 0. The molecule has 0 saturated heterocycles. The van der Waals surface area contributed by atoms with Crippen molar-refractivity contribution in [3.05, 3.63) is 17.5 Å². The molecule has 24 heavy (non-hydrogen) atoms. The van der Waals surface area contributed by atoms with Crippen molar-refractivity contribution in [3.8, 4) is 0 Å². The third-order valence-electron chi connectivity index (χ3n) is 2.48. The number of guanidine groups is 1. The van der Waals surface area contributed by atoms with Crippen molar-refractivity contribution in [1.82, 2.24) is 15.4 Å². The molecule has 1 rings (SSSR count). The summed E-state index contributed by atoms with van der Waals surface area (Å²) in [5.41, 5.74) is 0. The molecule has 0 saturated carbocycles. The second-order valence-corrected chi connectivity index (χ2v) is 7.32. The van der Waals surface area contributed by atoms with Gasteiger partial charge in [0, 0.05) is 19.6 Å². The average molecular weight is 500 g/mol. The van der Waals surface area contributed by atoms with Crippen molar-refractivity contribution in [2.75, 3.05) is 26.2 Å². The third-order valence-corrected chi connectivity index (χ3v) is 5.34. The first kappa shape index (κ1) is 23.4. The maximum absolute atomic E-state index is 12.1. The quantitative estimate of drug-likeness (QED) is 0.221. The molecule has 1 aromatic heterocycles. The lowest BCUT2D eigenvalue weighted by Gasteiger charge is -2.12. The molecule has 0 aliphatic heterocycles. The highest BCUT2D eigenvalue weighted by Gasteiger charge is 2.26. The number of halogens is 4. The molecule has 0 atom stereocenters. The standard InChI is InChI=1S/C12H19F3N4O2S2.HI/c1-2-16-11(17-6-5-12(13,14)15)18-7-8-19-23(20,21)10-4-3-9-22-10;/h3-4,9,19H,2,5-8H2,1H3,(H2,16,17,18);1H. The van der Waals surface area contributed by atoms with Gasteiger partial charge in [-0.15, -0.1) is 35.3 Å². The Labute approximate surface area is 160 Å². The summed E-state index contributed by atoms with van der Waals surface area (Å²) in [7, 11) is -3.54. The number of rotatable bonds is 8. The topological polar surface area (TPSA) is 82.6 Å². The van der Waals surface area contributed by atoms with Crippen LogP contribution < -0.4 is 15.4 Å². The molecule has 0 amide bonds. The van der Waals surface area contributed by atoms with Crippen LogP contribution in [0.1, 0.15) is 13.3 Å². The summed E-state index contributed by atoms with van der Waals surface area (Å²) in [6, 6.07) is 3.12. The molecule has 0 unspecified atom stereocenters. The highest BCUT2D eigenvalue weighted by Crippen LogP contribution is 2.18. The van der Waals surface area contributed by atoms with Gasteiger partial charge in [0.25, 0.3) is 0 Å². The van der Waals surface area contributed by atoms with Gasteiger partial charge in [0.1, 0.15) is 4.21 Å². The van der Waals surface area contributed by atoms with E-state index in [1.165, 1.54) is 6.07 Å². The Balaban J connectivity index is 0.00000529. The van der Waals surface area contributed by atoms with Gasteiger partial charge in [-0.05, 0) is 18.4 Å². The SMILES string of the molecule is CCNC(=NCCC(F)(F)F)NCCNS(=O)(=O)c1cccs1.I. The molecule has 1 heterocycles. The molecule has 0 aromatic carbocycles. The van der Waals surface area contributed by atoms with E-state index >= 15 is 0 Å². The van der Waals surface area contributed by atoms with E-state index in [2.05, 4.69) is 20.3 Å². The number of hydrogen-bond donors (Lipinski definition) is 3. The van der Waals surface area contributed by atoms with E-state index in [1.807, 2.05) is 0 Å². The van der Waals surface area contributed by atoms with E-state index in [-0.39, 0.29) is 53.8 Å². The van der Waals surface area contributed by atoms with E-state index < -0.39 is 22.6 Å². The first-order valence-electron chi connectivity index (χ1n) is 6.86. The highest BCUT2D eigenvalue weighted by atomic mass is 127. The summed E-state index contributed by atoms with van der Waals surface area (Å²) in [5.74, 6) is 0.215. The molecule has 1 aromatic rings. The highest BCUT2D eigenvalue weighted by molar-refractivity contribution is 14.0. The second-order valence-electron chi connectivity index (χ2n) is 4.38. The Hall–Kier alpha value is -0.600. The maximum Gasteiger partial charge on any atom is 0.390 e. The minimum Gasteiger partial charge on any atom is -0.357 e.